The topological polar surface area (TPSA) is 50.1 Å². The molecule has 0 spiro atoms. The first-order valence-corrected chi connectivity index (χ1v) is 6.47. The lowest BCUT2D eigenvalue weighted by atomic mass is 10.1. The van der Waals surface area contributed by atoms with E-state index < -0.39 is 0 Å². The summed E-state index contributed by atoms with van der Waals surface area (Å²) >= 11 is 0. The molecule has 0 saturated heterocycles. The molecule has 4 heteroatoms. The highest BCUT2D eigenvalue weighted by Crippen LogP contribution is 2.12. The lowest BCUT2D eigenvalue weighted by molar-refractivity contribution is 0.413. The van der Waals surface area contributed by atoms with Crippen LogP contribution in [0.3, 0.4) is 0 Å². The summed E-state index contributed by atoms with van der Waals surface area (Å²) in [6.07, 6.45) is 3.80. The molecular formula is C15H21N3O. The molecule has 4 nitrogen and oxygen atoms in total. The van der Waals surface area contributed by atoms with Crippen LogP contribution >= 0.6 is 0 Å². The van der Waals surface area contributed by atoms with Gasteiger partial charge in [-0.25, -0.2) is 4.98 Å². The van der Waals surface area contributed by atoms with Crippen molar-refractivity contribution in [2.75, 3.05) is 0 Å². The fourth-order valence-electron chi connectivity index (χ4n) is 1.79. The molecule has 0 atom stereocenters. The van der Waals surface area contributed by atoms with Gasteiger partial charge in [0.25, 0.3) is 0 Å². The van der Waals surface area contributed by atoms with Gasteiger partial charge in [-0.3, -0.25) is 0 Å². The summed E-state index contributed by atoms with van der Waals surface area (Å²) in [5.41, 5.74) is 1.22. The summed E-state index contributed by atoms with van der Waals surface area (Å²) in [6, 6.07) is 7.27. The van der Waals surface area contributed by atoms with Crippen LogP contribution in [-0.4, -0.2) is 20.2 Å². The molecule has 0 aliphatic heterocycles. The molecule has 0 unspecified atom stereocenters. The summed E-state index contributed by atoms with van der Waals surface area (Å²) in [6.45, 7) is 7.93. The first kappa shape index (κ1) is 13.6. The van der Waals surface area contributed by atoms with Crippen molar-refractivity contribution in [3.63, 3.8) is 0 Å². The molecule has 2 N–H and O–H groups in total. The fraction of sp³-hybridized carbons (Fsp3) is 0.400. The number of hydrogen-bond acceptors (Lipinski definition) is 3. The van der Waals surface area contributed by atoms with E-state index in [1.165, 1.54) is 0 Å². The van der Waals surface area contributed by atoms with Crippen molar-refractivity contribution in [2.45, 2.75) is 39.4 Å². The number of aromatic nitrogens is 2. The number of benzene rings is 1. The number of nitrogens with zero attached hydrogens (tertiary/aromatic N) is 2. The molecule has 1 heterocycles. The minimum atomic E-state index is 0.0787. The maximum absolute atomic E-state index is 9.28. The van der Waals surface area contributed by atoms with Gasteiger partial charge in [-0.05, 0) is 38.5 Å². The zero-order chi connectivity index (χ0) is 13.9. The smallest absolute Gasteiger partial charge is 0.122 e. The van der Waals surface area contributed by atoms with Gasteiger partial charge in [0, 0.05) is 24.5 Å². The predicted molar refractivity (Wildman–Crippen MR) is 76.0 cm³/mol. The highest BCUT2D eigenvalue weighted by Gasteiger charge is 2.11. The lowest BCUT2D eigenvalue weighted by Crippen LogP contribution is -2.35. The van der Waals surface area contributed by atoms with Gasteiger partial charge in [0.1, 0.15) is 11.6 Å². The monoisotopic (exact) mass is 259 g/mol. The van der Waals surface area contributed by atoms with Crippen LogP contribution in [0.2, 0.25) is 0 Å². The quantitative estimate of drug-likeness (QED) is 0.887. The zero-order valence-electron chi connectivity index (χ0n) is 11.7. The molecule has 0 bridgehead atoms. The molecule has 2 rings (SSSR count). The van der Waals surface area contributed by atoms with E-state index in [9.17, 15) is 5.11 Å². The Morgan fingerprint density at radius 3 is 2.53 bits per heavy atom. The second-order valence-corrected chi connectivity index (χ2v) is 5.74. The van der Waals surface area contributed by atoms with E-state index in [0.717, 1.165) is 24.5 Å². The van der Waals surface area contributed by atoms with Crippen LogP contribution < -0.4 is 5.32 Å². The fourth-order valence-corrected chi connectivity index (χ4v) is 1.79. The van der Waals surface area contributed by atoms with Gasteiger partial charge >= 0.3 is 0 Å². The Morgan fingerprint density at radius 1 is 1.21 bits per heavy atom. The SMILES string of the molecule is CC(C)(C)NCc1nccn1Cc1ccc(O)cc1. The standard InChI is InChI=1S/C15H21N3O/c1-15(2,3)17-10-14-16-8-9-18(14)11-12-4-6-13(19)7-5-12/h4-9,17,19H,10-11H2,1-3H3. The van der Waals surface area contributed by atoms with Crippen LogP contribution in [0.5, 0.6) is 5.75 Å². The molecule has 102 valence electrons. The summed E-state index contributed by atoms with van der Waals surface area (Å²) in [5, 5.41) is 12.7. The number of phenolic OH excluding ortho intramolecular Hbond substituents is 1. The third kappa shape index (κ3) is 4.10. The highest BCUT2D eigenvalue weighted by molar-refractivity contribution is 5.26. The van der Waals surface area contributed by atoms with Crippen LogP contribution in [0.25, 0.3) is 0 Å². The van der Waals surface area contributed by atoms with Crippen LogP contribution in [0.15, 0.2) is 36.7 Å². The molecule has 0 aliphatic rings. The van der Waals surface area contributed by atoms with Crippen LogP contribution in [-0.2, 0) is 13.1 Å². The van der Waals surface area contributed by atoms with Gasteiger partial charge in [-0.2, -0.15) is 0 Å². The number of nitrogens with one attached hydrogen (secondary N) is 1. The van der Waals surface area contributed by atoms with Crippen molar-refractivity contribution in [3.8, 4) is 5.75 Å². The molecule has 1 aromatic heterocycles. The molecule has 2 aromatic rings. The van der Waals surface area contributed by atoms with Gasteiger partial charge in [-0.15, -0.1) is 0 Å². The van der Waals surface area contributed by atoms with Gasteiger partial charge in [0.2, 0.25) is 0 Å². The van der Waals surface area contributed by atoms with E-state index in [1.807, 2.05) is 24.5 Å². The second-order valence-electron chi connectivity index (χ2n) is 5.74. The average molecular weight is 259 g/mol. The third-order valence-electron chi connectivity index (χ3n) is 2.87. The van der Waals surface area contributed by atoms with Crippen LogP contribution in [0.1, 0.15) is 32.2 Å². The minimum Gasteiger partial charge on any atom is -0.508 e. The van der Waals surface area contributed by atoms with E-state index in [2.05, 4.69) is 35.6 Å². The highest BCUT2D eigenvalue weighted by atomic mass is 16.3. The van der Waals surface area contributed by atoms with E-state index in [0.29, 0.717) is 5.75 Å². The van der Waals surface area contributed by atoms with Gasteiger partial charge in [0.05, 0.1) is 6.54 Å². The molecule has 1 aromatic carbocycles. The van der Waals surface area contributed by atoms with Crippen molar-refractivity contribution in [1.29, 1.82) is 0 Å². The van der Waals surface area contributed by atoms with Crippen molar-refractivity contribution in [2.24, 2.45) is 0 Å². The number of rotatable bonds is 4. The molecule has 0 amide bonds. The van der Waals surface area contributed by atoms with Crippen LogP contribution in [0.4, 0.5) is 0 Å². The van der Waals surface area contributed by atoms with E-state index in [-0.39, 0.29) is 5.54 Å². The largest absolute Gasteiger partial charge is 0.508 e. The Kier molecular flexibility index (Phi) is 3.90. The summed E-state index contributed by atoms with van der Waals surface area (Å²) in [7, 11) is 0. The molecule has 0 fully saturated rings. The first-order valence-electron chi connectivity index (χ1n) is 6.47. The van der Waals surface area contributed by atoms with Crippen molar-refractivity contribution >= 4 is 0 Å². The molecule has 0 saturated carbocycles. The van der Waals surface area contributed by atoms with Crippen molar-refractivity contribution < 1.29 is 5.11 Å². The Hall–Kier alpha value is -1.81. The molecule has 0 radical (unpaired) electrons. The number of phenols is 1. The maximum atomic E-state index is 9.28. The number of imidazole rings is 1. The van der Waals surface area contributed by atoms with E-state index in [1.54, 1.807) is 12.1 Å². The third-order valence-corrected chi connectivity index (χ3v) is 2.87. The summed E-state index contributed by atoms with van der Waals surface area (Å²) in [4.78, 5) is 4.38. The normalized spacial score (nSPS) is 11.7. The Labute approximate surface area is 114 Å². The van der Waals surface area contributed by atoms with Gasteiger partial charge in [0.15, 0.2) is 0 Å². The van der Waals surface area contributed by atoms with Crippen LogP contribution in [0, 0.1) is 0 Å². The molecule has 0 aliphatic carbocycles. The molecular weight excluding hydrogens is 238 g/mol. The Bertz CT molecular complexity index is 523. The van der Waals surface area contributed by atoms with Crippen molar-refractivity contribution in [1.82, 2.24) is 14.9 Å². The summed E-state index contributed by atoms with van der Waals surface area (Å²) in [5.74, 6) is 1.31. The summed E-state index contributed by atoms with van der Waals surface area (Å²) < 4.78 is 2.12. The Morgan fingerprint density at radius 2 is 1.89 bits per heavy atom. The number of aromatic hydroxyl groups is 1. The number of hydrogen-bond donors (Lipinski definition) is 2. The van der Waals surface area contributed by atoms with E-state index in [4.69, 9.17) is 0 Å². The molecule has 19 heavy (non-hydrogen) atoms. The maximum Gasteiger partial charge on any atom is 0.122 e. The second kappa shape index (κ2) is 5.45. The van der Waals surface area contributed by atoms with E-state index >= 15 is 0 Å². The zero-order valence-corrected chi connectivity index (χ0v) is 11.7. The first-order chi connectivity index (χ1) is 8.94. The lowest BCUT2D eigenvalue weighted by Gasteiger charge is -2.20. The van der Waals surface area contributed by atoms with Gasteiger partial charge < -0.3 is 15.0 Å². The Balaban J connectivity index is 2.05. The minimum absolute atomic E-state index is 0.0787. The predicted octanol–water partition coefficient (Wildman–Crippen LogP) is 2.53. The average Bonchev–Trinajstić information content (AvgIpc) is 2.76. The van der Waals surface area contributed by atoms with Crippen molar-refractivity contribution in [3.05, 3.63) is 48.0 Å². The van der Waals surface area contributed by atoms with Gasteiger partial charge in [-0.1, -0.05) is 12.1 Å².